The number of alkyl halides is 3. The van der Waals surface area contributed by atoms with E-state index in [1.807, 2.05) is 18.2 Å². The van der Waals surface area contributed by atoms with Gasteiger partial charge in [0.15, 0.2) is 5.16 Å². The normalized spacial score (nSPS) is 13.0. The van der Waals surface area contributed by atoms with Gasteiger partial charge in [0.1, 0.15) is 10.7 Å². The summed E-state index contributed by atoms with van der Waals surface area (Å²) < 4.78 is 41.1. The summed E-state index contributed by atoms with van der Waals surface area (Å²) in [6.45, 7) is 0. The van der Waals surface area contributed by atoms with Crippen LogP contribution in [0.25, 0.3) is 11.3 Å². The van der Waals surface area contributed by atoms with Crippen molar-refractivity contribution in [2.75, 3.05) is 5.32 Å². The maximum Gasteiger partial charge on any atom is 0.433 e. The van der Waals surface area contributed by atoms with Crippen LogP contribution in [-0.2, 0) is 19.0 Å². The third kappa shape index (κ3) is 7.00. The van der Waals surface area contributed by atoms with Crippen molar-refractivity contribution in [2.24, 2.45) is 4.99 Å². The number of fused-ring (bicyclic) bond motifs is 1. The zero-order chi connectivity index (χ0) is 32.3. The summed E-state index contributed by atoms with van der Waals surface area (Å²) in [5, 5.41) is 15.2. The number of amides is 1. The molecule has 0 saturated carbocycles. The molecule has 0 fully saturated rings. The first-order chi connectivity index (χ1) is 22.2. The Morgan fingerprint density at radius 1 is 0.978 bits per heavy atom. The highest BCUT2D eigenvalue weighted by atomic mass is 32.2. The van der Waals surface area contributed by atoms with Gasteiger partial charge in [0.2, 0.25) is 0 Å². The number of aliphatic imine (C=N–C) groups is 1. The highest BCUT2D eigenvalue weighted by Crippen LogP contribution is 2.41. The van der Waals surface area contributed by atoms with E-state index in [0.29, 0.717) is 39.1 Å². The third-order valence-electron chi connectivity index (χ3n) is 7.19. The minimum Gasteiger partial charge on any atom is -0.322 e. The van der Waals surface area contributed by atoms with E-state index in [1.54, 1.807) is 48.5 Å². The van der Waals surface area contributed by atoms with E-state index in [-0.39, 0.29) is 27.3 Å². The van der Waals surface area contributed by atoms with Crippen LogP contribution in [-0.4, -0.2) is 27.0 Å². The molecule has 5 aromatic rings. The zero-order valence-corrected chi connectivity index (χ0v) is 25.6. The molecule has 0 radical (unpaired) electrons. The number of carbonyl (C=O) groups excluding carboxylic acids is 1. The van der Waals surface area contributed by atoms with Crippen LogP contribution in [0.15, 0.2) is 100.0 Å². The fourth-order valence-corrected chi connectivity index (χ4v) is 7.13. The van der Waals surface area contributed by atoms with E-state index in [0.717, 1.165) is 42.2 Å². The van der Waals surface area contributed by atoms with Crippen LogP contribution in [0, 0.1) is 10.1 Å². The van der Waals surface area contributed by atoms with E-state index >= 15 is 0 Å². The molecule has 1 N–H and O–H groups in total. The molecular weight excluding hydrogens is 636 g/mol. The lowest BCUT2D eigenvalue weighted by molar-refractivity contribution is -0.387. The van der Waals surface area contributed by atoms with Gasteiger partial charge in [-0.3, -0.25) is 14.9 Å². The smallest absolute Gasteiger partial charge is 0.322 e. The zero-order valence-electron chi connectivity index (χ0n) is 24.0. The van der Waals surface area contributed by atoms with Crippen molar-refractivity contribution in [3.8, 4) is 11.3 Å². The number of hydrogen-bond acceptors (Lipinski definition) is 8. The van der Waals surface area contributed by atoms with Gasteiger partial charge in [0.25, 0.3) is 11.6 Å². The molecule has 3 aromatic carbocycles. The second-order valence-corrected chi connectivity index (χ2v) is 12.4. The van der Waals surface area contributed by atoms with Gasteiger partial charge in [-0.05, 0) is 72.8 Å². The molecule has 0 unspecified atom stereocenters. The summed E-state index contributed by atoms with van der Waals surface area (Å²) in [7, 11) is 0. The summed E-state index contributed by atoms with van der Waals surface area (Å²) in [6, 6.07) is 22.6. The number of benzene rings is 3. The first-order valence-corrected chi connectivity index (χ1v) is 15.8. The van der Waals surface area contributed by atoms with Gasteiger partial charge in [-0.15, -0.1) is 11.3 Å². The summed E-state index contributed by atoms with van der Waals surface area (Å²) in [5.41, 5.74) is 1.51. The fourth-order valence-electron chi connectivity index (χ4n) is 5.04. The van der Waals surface area contributed by atoms with Crippen LogP contribution in [0.4, 0.5) is 29.5 Å². The monoisotopic (exact) mass is 659 g/mol. The molecule has 232 valence electrons. The second-order valence-electron chi connectivity index (χ2n) is 10.3. The second kappa shape index (κ2) is 13.2. The van der Waals surface area contributed by atoms with Crippen LogP contribution >= 0.6 is 23.1 Å². The van der Waals surface area contributed by atoms with Gasteiger partial charge in [-0.25, -0.2) is 15.0 Å². The molecule has 8 nitrogen and oxygen atoms in total. The number of aryl methyl sites for hydroxylation is 1. The highest BCUT2D eigenvalue weighted by molar-refractivity contribution is 7.99. The van der Waals surface area contributed by atoms with E-state index in [4.69, 9.17) is 0 Å². The van der Waals surface area contributed by atoms with Gasteiger partial charge < -0.3 is 5.32 Å². The Morgan fingerprint density at radius 2 is 1.70 bits per heavy atom. The van der Waals surface area contributed by atoms with Crippen molar-refractivity contribution in [3.05, 3.63) is 122 Å². The molecule has 46 heavy (non-hydrogen) atoms. The van der Waals surface area contributed by atoms with E-state index in [9.17, 15) is 28.1 Å². The number of halogens is 3. The standard InChI is InChI=1S/C33H24F3N5O3S2/c34-33(35,36)28-18-24(21-9-3-1-4-10-21)39-32(40-28)46-27-16-15-20(17-25(27)41(43)44)19-37-31-29(23-13-7-8-14-26(23)45-31)30(42)38-22-11-5-2-6-12-22/h1-6,9-12,15-19H,7-8,13-14H2,(H,38,42). The number of hydrogen-bond donors (Lipinski definition) is 1. The SMILES string of the molecule is O=C(Nc1ccccc1)c1c(N=Cc2ccc(Sc3nc(-c4ccccc4)cc(C(F)(F)F)n3)c([N+](=O)[O-])c2)sc2c1CCCC2. The molecule has 0 atom stereocenters. The van der Waals surface area contributed by atoms with Crippen LogP contribution in [0.3, 0.4) is 0 Å². The predicted octanol–water partition coefficient (Wildman–Crippen LogP) is 9.16. The third-order valence-corrected chi connectivity index (χ3v) is 9.32. The van der Waals surface area contributed by atoms with Crippen molar-refractivity contribution in [3.63, 3.8) is 0 Å². The lowest BCUT2D eigenvalue weighted by Crippen LogP contribution is -2.14. The summed E-state index contributed by atoms with van der Waals surface area (Å²) in [6.07, 6.45) is 0.302. The number of thiophene rings is 1. The minimum atomic E-state index is -4.74. The largest absolute Gasteiger partial charge is 0.433 e. The van der Waals surface area contributed by atoms with Gasteiger partial charge in [0, 0.05) is 28.4 Å². The van der Waals surface area contributed by atoms with Crippen molar-refractivity contribution < 1.29 is 22.9 Å². The van der Waals surface area contributed by atoms with Crippen LogP contribution < -0.4 is 5.32 Å². The molecular formula is C33H24F3N5O3S2. The van der Waals surface area contributed by atoms with Gasteiger partial charge in [0.05, 0.1) is 21.1 Å². The van der Waals surface area contributed by atoms with E-state index in [1.165, 1.54) is 29.7 Å². The number of nitro groups is 1. The Kier molecular flexibility index (Phi) is 8.95. The number of aromatic nitrogens is 2. The fraction of sp³-hybridized carbons (Fsp3) is 0.152. The van der Waals surface area contributed by atoms with Crippen molar-refractivity contribution >= 4 is 51.6 Å². The van der Waals surface area contributed by atoms with Gasteiger partial charge in [-0.2, -0.15) is 13.2 Å². The number of rotatable bonds is 8. The van der Waals surface area contributed by atoms with Gasteiger partial charge in [-0.1, -0.05) is 54.6 Å². The van der Waals surface area contributed by atoms with Crippen LogP contribution in [0.5, 0.6) is 0 Å². The van der Waals surface area contributed by atoms with Crippen molar-refractivity contribution in [1.82, 2.24) is 9.97 Å². The average Bonchev–Trinajstić information content (AvgIpc) is 3.43. The summed E-state index contributed by atoms with van der Waals surface area (Å²) in [5.74, 6) is -0.272. The first-order valence-electron chi connectivity index (χ1n) is 14.2. The lowest BCUT2D eigenvalue weighted by atomic mass is 9.95. The minimum absolute atomic E-state index is 0.0441. The first kappa shape index (κ1) is 31.1. The average molecular weight is 660 g/mol. The molecule has 1 aliphatic rings. The molecule has 0 aliphatic heterocycles. The number of anilines is 1. The summed E-state index contributed by atoms with van der Waals surface area (Å²) >= 11 is 2.10. The maximum absolute atomic E-state index is 13.7. The lowest BCUT2D eigenvalue weighted by Gasteiger charge is -2.12. The molecule has 2 aromatic heterocycles. The highest BCUT2D eigenvalue weighted by Gasteiger charge is 2.34. The van der Waals surface area contributed by atoms with Crippen molar-refractivity contribution in [1.29, 1.82) is 0 Å². The molecule has 1 aliphatic carbocycles. The molecule has 0 saturated heterocycles. The molecule has 2 heterocycles. The Morgan fingerprint density at radius 3 is 2.41 bits per heavy atom. The topological polar surface area (TPSA) is 110 Å². The van der Waals surface area contributed by atoms with E-state index in [2.05, 4.69) is 20.3 Å². The molecule has 1 amide bonds. The number of carbonyl (C=O) groups is 1. The van der Waals surface area contributed by atoms with Gasteiger partial charge >= 0.3 is 6.18 Å². The Labute approximate surface area is 269 Å². The molecule has 13 heteroatoms. The predicted molar refractivity (Wildman–Crippen MR) is 172 cm³/mol. The van der Waals surface area contributed by atoms with E-state index < -0.39 is 16.8 Å². The Hall–Kier alpha value is -4.88. The maximum atomic E-state index is 13.7. The Balaban J connectivity index is 1.31. The Bertz CT molecular complexity index is 1950. The number of para-hydroxylation sites is 1. The molecule has 0 spiro atoms. The van der Waals surface area contributed by atoms with Crippen LogP contribution in [0.1, 0.15) is 44.9 Å². The number of nitrogens with one attached hydrogen (secondary N) is 1. The number of nitro benzene ring substituents is 1. The molecule has 0 bridgehead atoms. The quantitative estimate of drug-likeness (QED) is 0.0770. The van der Waals surface area contributed by atoms with Crippen molar-refractivity contribution in [2.45, 2.75) is 41.9 Å². The summed E-state index contributed by atoms with van der Waals surface area (Å²) in [4.78, 5) is 38.5. The van der Waals surface area contributed by atoms with Crippen LogP contribution in [0.2, 0.25) is 0 Å². The molecule has 6 rings (SSSR count). The number of nitrogens with zero attached hydrogens (tertiary/aromatic N) is 4.